The topological polar surface area (TPSA) is 43.0 Å². The van der Waals surface area contributed by atoms with E-state index >= 15 is 0 Å². The van der Waals surface area contributed by atoms with Crippen LogP contribution in [0.4, 0.5) is 0 Å². The van der Waals surface area contributed by atoms with Crippen LogP contribution >= 0.6 is 0 Å². The molecule has 2 aromatic rings. The van der Waals surface area contributed by atoms with Crippen LogP contribution in [0.25, 0.3) is 0 Å². The lowest BCUT2D eigenvalue weighted by Crippen LogP contribution is -2.32. The first-order chi connectivity index (χ1) is 9.41. The molecule has 0 radical (unpaired) electrons. The molecule has 0 bridgehead atoms. The molecule has 1 N–H and O–H groups in total. The van der Waals surface area contributed by atoms with Gasteiger partial charge in [0.15, 0.2) is 0 Å². The fourth-order valence-electron chi connectivity index (χ4n) is 2.33. The number of hydrogen-bond donors (Lipinski definition) is 1. The molecule has 110 valence electrons. The maximum absolute atomic E-state index is 5.93. The molecular formula is C16H25N3O. The van der Waals surface area contributed by atoms with Crippen molar-refractivity contribution in [3.05, 3.63) is 41.9 Å². The zero-order chi connectivity index (χ0) is 14.8. The van der Waals surface area contributed by atoms with Crippen LogP contribution in [-0.4, -0.2) is 9.55 Å². The van der Waals surface area contributed by atoms with Gasteiger partial charge in [0, 0.05) is 25.9 Å². The van der Waals surface area contributed by atoms with Crippen LogP contribution in [0.1, 0.15) is 51.1 Å². The second-order valence-electron chi connectivity index (χ2n) is 6.29. The summed E-state index contributed by atoms with van der Waals surface area (Å²) in [6, 6.07) is 4.32. The average molecular weight is 275 g/mol. The Morgan fingerprint density at radius 1 is 1.35 bits per heavy atom. The van der Waals surface area contributed by atoms with E-state index < -0.39 is 0 Å². The van der Waals surface area contributed by atoms with E-state index in [-0.39, 0.29) is 11.5 Å². The minimum Gasteiger partial charge on any atom is -0.464 e. The molecule has 2 rings (SSSR count). The summed E-state index contributed by atoms with van der Waals surface area (Å²) in [7, 11) is 2.01. The summed E-state index contributed by atoms with van der Waals surface area (Å²) in [6.45, 7) is 9.50. The third-order valence-electron chi connectivity index (χ3n) is 3.57. The van der Waals surface area contributed by atoms with Crippen molar-refractivity contribution in [2.24, 2.45) is 12.5 Å². The van der Waals surface area contributed by atoms with Gasteiger partial charge >= 0.3 is 0 Å². The quantitative estimate of drug-likeness (QED) is 0.908. The Labute approximate surface area is 121 Å². The highest BCUT2D eigenvalue weighted by atomic mass is 16.3. The highest BCUT2D eigenvalue weighted by Crippen LogP contribution is 2.34. The van der Waals surface area contributed by atoms with Gasteiger partial charge < -0.3 is 8.98 Å². The average Bonchev–Trinajstić information content (AvgIpc) is 2.98. The maximum atomic E-state index is 5.93. The van der Waals surface area contributed by atoms with Crippen molar-refractivity contribution in [1.82, 2.24) is 14.9 Å². The smallest absolute Gasteiger partial charge is 0.122 e. The van der Waals surface area contributed by atoms with Crippen molar-refractivity contribution in [1.29, 1.82) is 0 Å². The van der Waals surface area contributed by atoms with Crippen molar-refractivity contribution in [3.63, 3.8) is 0 Å². The number of rotatable bonds is 5. The molecule has 0 aromatic carbocycles. The van der Waals surface area contributed by atoms with E-state index in [0.29, 0.717) is 0 Å². The van der Waals surface area contributed by atoms with Crippen molar-refractivity contribution in [2.75, 3.05) is 0 Å². The predicted octanol–water partition coefficient (Wildman–Crippen LogP) is 3.45. The van der Waals surface area contributed by atoms with Gasteiger partial charge in [0.25, 0.3) is 0 Å². The number of nitrogens with zero attached hydrogens (tertiary/aromatic N) is 2. The first kappa shape index (κ1) is 14.9. The van der Waals surface area contributed by atoms with Crippen molar-refractivity contribution in [3.8, 4) is 0 Å². The summed E-state index contributed by atoms with van der Waals surface area (Å²) in [5, 5.41) is 3.58. The second-order valence-corrected chi connectivity index (χ2v) is 6.29. The van der Waals surface area contributed by atoms with Crippen LogP contribution in [0.2, 0.25) is 0 Å². The fraction of sp³-hybridized carbons (Fsp3) is 0.562. The summed E-state index contributed by atoms with van der Waals surface area (Å²) in [5.41, 5.74) is 0.0774. The number of hydrogen-bond acceptors (Lipinski definition) is 3. The van der Waals surface area contributed by atoms with Crippen molar-refractivity contribution >= 4 is 0 Å². The molecule has 0 spiro atoms. The molecule has 0 amide bonds. The number of aromatic nitrogens is 2. The van der Waals surface area contributed by atoms with E-state index in [2.05, 4.69) is 50.1 Å². The van der Waals surface area contributed by atoms with Gasteiger partial charge in [-0.2, -0.15) is 0 Å². The first-order valence-corrected chi connectivity index (χ1v) is 7.20. The third-order valence-corrected chi connectivity index (χ3v) is 3.57. The van der Waals surface area contributed by atoms with Crippen LogP contribution in [-0.2, 0) is 20.0 Å². The lowest BCUT2D eigenvalue weighted by molar-refractivity contribution is 0.230. The molecule has 0 saturated heterocycles. The van der Waals surface area contributed by atoms with Gasteiger partial charge in [-0.1, -0.05) is 27.7 Å². The number of furan rings is 1. The van der Waals surface area contributed by atoms with Crippen molar-refractivity contribution < 1.29 is 4.42 Å². The Hall–Kier alpha value is -1.55. The molecule has 20 heavy (non-hydrogen) atoms. The molecule has 1 atom stereocenters. The normalized spacial score (nSPS) is 13.7. The molecule has 2 aromatic heterocycles. The molecule has 0 fully saturated rings. The Morgan fingerprint density at radius 3 is 2.60 bits per heavy atom. The largest absolute Gasteiger partial charge is 0.464 e. The Morgan fingerprint density at radius 2 is 2.10 bits per heavy atom. The predicted molar refractivity (Wildman–Crippen MR) is 80.3 cm³/mol. The number of nitrogens with one attached hydrogen (secondary N) is 1. The van der Waals surface area contributed by atoms with E-state index in [4.69, 9.17) is 4.42 Å². The van der Waals surface area contributed by atoms with Gasteiger partial charge in [0.2, 0.25) is 0 Å². The monoisotopic (exact) mass is 275 g/mol. The molecule has 4 nitrogen and oxygen atoms in total. The van der Waals surface area contributed by atoms with Gasteiger partial charge in [0.05, 0.1) is 12.6 Å². The second kappa shape index (κ2) is 5.83. The van der Waals surface area contributed by atoms with Crippen LogP contribution in [0.3, 0.4) is 0 Å². The summed E-state index contributed by atoms with van der Waals surface area (Å²) >= 11 is 0. The Kier molecular flexibility index (Phi) is 4.33. The van der Waals surface area contributed by atoms with Crippen LogP contribution in [0, 0.1) is 5.41 Å². The molecular weight excluding hydrogens is 250 g/mol. The summed E-state index contributed by atoms with van der Waals surface area (Å²) in [5.74, 6) is 3.07. The summed E-state index contributed by atoms with van der Waals surface area (Å²) < 4.78 is 7.97. The molecule has 0 saturated carbocycles. The Bertz CT molecular complexity index is 548. The lowest BCUT2D eigenvalue weighted by atomic mass is 9.85. The third kappa shape index (κ3) is 3.31. The van der Waals surface area contributed by atoms with Gasteiger partial charge in [0.1, 0.15) is 17.3 Å². The van der Waals surface area contributed by atoms with Gasteiger partial charge in [-0.3, -0.25) is 5.32 Å². The molecule has 0 aliphatic rings. The van der Waals surface area contributed by atoms with Crippen LogP contribution in [0.5, 0.6) is 0 Å². The minimum absolute atomic E-state index is 0.0774. The van der Waals surface area contributed by atoms with Crippen LogP contribution in [0.15, 0.2) is 28.9 Å². The fourth-order valence-corrected chi connectivity index (χ4v) is 2.33. The molecule has 2 heterocycles. The molecule has 0 aliphatic heterocycles. The number of aryl methyl sites for hydroxylation is 2. The maximum Gasteiger partial charge on any atom is 0.122 e. The van der Waals surface area contributed by atoms with E-state index in [9.17, 15) is 0 Å². The van der Waals surface area contributed by atoms with E-state index in [1.165, 1.54) is 0 Å². The molecule has 0 unspecified atom stereocenters. The van der Waals surface area contributed by atoms with Gasteiger partial charge in [-0.25, -0.2) is 4.98 Å². The molecule has 4 heteroatoms. The standard InChI is InChI=1S/C16H25N3O/c1-6-12-7-8-13(20-12)15(16(2,3)4)18-11-14-17-9-10-19(14)5/h7-10,15,18H,6,11H2,1-5H3/t15-/m0/s1. The molecule has 0 aliphatic carbocycles. The highest BCUT2D eigenvalue weighted by molar-refractivity contribution is 5.13. The Balaban J connectivity index is 2.14. The van der Waals surface area contributed by atoms with E-state index in [1.54, 1.807) is 0 Å². The van der Waals surface area contributed by atoms with E-state index in [0.717, 1.165) is 30.3 Å². The zero-order valence-electron chi connectivity index (χ0n) is 13.1. The minimum atomic E-state index is 0.0774. The van der Waals surface area contributed by atoms with Crippen molar-refractivity contribution in [2.45, 2.75) is 46.7 Å². The first-order valence-electron chi connectivity index (χ1n) is 7.20. The van der Waals surface area contributed by atoms with Gasteiger partial charge in [-0.05, 0) is 17.5 Å². The zero-order valence-corrected chi connectivity index (χ0v) is 13.1. The van der Waals surface area contributed by atoms with E-state index in [1.807, 2.05) is 24.0 Å². The lowest BCUT2D eigenvalue weighted by Gasteiger charge is -2.30. The summed E-state index contributed by atoms with van der Waals surface area (Å²) in [6.07, 6.45) is 4.71. The van der Waals surface area contributed by atoms with Gasteiger partial charge in [-0.15, -0.1) is 0 Å². The summed E-state index contributed by atoms with van der Waals surface area (Å²) in [4.78, 5) is 4.35. The van der Waals surface area contributed by atoms with Crippen LogP contribution < -0.4 is 5.32 Å². The SMILES string of the molecule is CCc1ccc([C@H](NCc2nccn2C)C(C)(C)C)o1. The number of imidazole rings is 1. The highest BCUT2D eigenvalue weighted by Gasteiger charge is 2.28.